The quantitative estimate of drug-likeness (QED) is 0.168. The molecule has 1 aliphatic carbocycles. The molecule has 0 fully saturated rings. The average Bonchev–Trinajstić information content (AvgIpc) is 3.24. The number of hydrogen-bond donors (Lipinski definition) is 0. The highest BCUT2D eigenvalue weighted by molar-refractivity contribution is 5.96. The van der Waals surface area contributed by atoms with Crippen molar-refractivity contribution in [2.24, 2.45) is 5.92 Å². The Morgan fingerprint density at radius 1 is 0.509 bits per heavy atom. The zero-order chi connectivity index (χ0) is 35.6. The van der Waals surface area contributed by atoms with Crippen molar-refractivity contribution >= 4 is 16.3 Å². The number of hydrogen-bond acceptors (Lipinski definition) is 4. The zero-order valence-electron chi connectivity index (χ0n) is 29.2. The third-order valence-corrected chi connectivity index (χ3v) is 9.84. The van der Waals surface area contributed by atoms with Gasteiger partial charge in [-0.2, -0.15) is 0 Å². The molecular weight excluding hydrogens is 645 g/mol. The monoisotopic (exact) mass is 678 g/mol. The Kier molecular flexibility index (Phi) is 8.44. The molecule has 9 rings (SSSR count). The molecule has 53 heavy (non-hydrogen) atoms. The Morgan fingerprint density at radius 3 is 1.79 bits per heavy atom. The van der Waals surface area contributed by atoms with Crippen molar-refractivity contribution < 1.29 is 0 Å². The van der Waals surface area contributed by atoms with E-state index in [1.807, 2.05) is 54.6 Å². The van der Waals surface area contributed by atoms with Crippen LogP contribution in [0.1, 0.15) is 18.9 Å². The first-order chi connectivity index (χ1) is 26.2. The summed E-state index contributed by atoms with van der Waals surface area (Å²) in [4.78, 5) is 20.2. The molecule has 1 aliphatic rings. The molecule has 8 aromatic rings. The van der Waals surface area contributed by atoms with E-state index in [4.69, 9.17) is 19.9 Å². The molecule has 0 amide bonds. The van der Waals surface area contributed by atoms with Gasteiger partial charge in [-0.05, 0) is 81.8 Å². The molecule has 0 bridgehead atoms. The summed E-state index contributed by atoms with van der Waals surface area (Å²) in [6.07, 6.45) is 7.69. The SMILES string of the molecule is CC1CC=CC=C1c1cc(-c2ccccc2)nc(-c2ccc(-c3cc4ccccc4cc3-c3nc(-c4c#cccc4)nc(-c4ccccc4)n3)cc2)c1. The van der Waals surface area contributed by atoms with Gasteiger partial charge in [0.2, 0.25) is 0 Å². The molecule has 1 unspecified atom stereocenters. The predicted octanol–water partition coefficient (Wildman–Crippen LogP) is 12.0. The van der Waals surface area contributed by atoms with Crippen LogP contribution < -0.4 is 0 Å². The smallest absolute Gasteiger partial charge is 0.172 e. The summed E-state index contributed by atoms with van der Waals surface area (Å²) in [5.41, 5.74) is 11.3. The molecule has 0 saturated carbocycles. The molecule has 4 heteroatoms. The van der Waals surface area contributed by atoms with Crippen LogP contribution in [0.4, 0.5) is 0 Å². The molecule has 0 N–H and O–H groups in total. The van der Waals surface area contributed by atoms with E-state index >= 15 is 0 Å². The highest BCUT2D eigenvalue weighted by atomic mass is 15.0. The van der Waals surface area contributed by atoms with E-state index in [2.05, 4.69) is 134 Å². The maximum Gasteiger partial charge on any atom is 0.172 e. The van der Waals surface area contributed by atoms with Gasteiger partial charge in [0.05, 0.1) is 17.0 Å². The van der Waals surface area contributed by atoms with Crippen molar-refractivity contribution in [2.75, 3.05) is 0 Å². The first-order valence-electron chi connectivity index (χ1n) is 18.0. The number of allylic oxidation sites excluding steroid dienone is 4. The summed E-state index contributed by atoms with van der Waals surface area (Å²) >= 11 is 0. The second kappa shape index (κ2) is 14.0. The van der Waals surface area contributed by atoms with Gasteiger partial charge < -0.3 is 0 Å². The van der Waals surface area contributed by atoms with Crippen molar-refractivity contribution in [3.63, 3.8) is 0 Å². The summed E-state index contributed by atoms with van der Waals surface area (Å²) in [7, 11) is 0. The summed E-state index contributed by atoms with van der Waals surface area (Å²) in [6, 6.07) is 58.5. The van der Waals surface area contributed by atoms with Gasteiger partial charge in [0.1, 0.15) is 0 Å². The molecule has 4 nitrogen and oxygen atoms in total. The number of pyridine rings is 1. The van der Waals surface area contributed by atoms with E-state index in [0.717, 1.165) is 67.5 Å². The van der Waals surface area contributed by atoms with Gasteiger partial charge in [-0.15, -0.1) is 0 Å². The van der Waals surface area contributed by atoms with Gasteiger partial charge in [-0.3, -0.25) is 0 Å². The molecule has 0 spiro atoms. The maximum atomic E-state index is 5.20. The normalized spacial score (nSPS) is 13.8. The van der Waals surface area contributed by atoms with Crippen molar-refractivity contribution in [3.8, 4) is 67.8 Å². The molecular formula is C49H34N4. The molecule has 0 radical (unpaired) electrons. The Hall–Kier alpha value is -6.96. The third kappa shape index (κ3) is 6.53. The Balaban J connectivity index is 1.18. The number of rotatable bonds is 7. The predicted molar refractivity (Wildman–Crippen MR) is 216 cm³/mol. The minimum Gasteiger partial charge on any atom is -0.248 e. The number of nitrogens with zero attached hydrogens (tertiary/aromatic N) is 4. The zero-order valence-corrected chi connectivity index (χ0v) is 29.2. The number of aromatic nitrogens is 4. The fourth-order valence-electron chi connectivity index (χ4n) is 7.03. The van der Waals surface area contributed by atoms with Crippen LogP contribution in [0.15, 0.2) is 170 Å². The second-order valence-corrected chi connectivity index (χ2v) is 13.4. The fourth-order valence-corrected chi connectivity index (χ4v) is 7.03. The van der Waals surface area contributed by atoms with Gasteiger partial charge in [-0.25, -0.2) is 19.9 Å². The van der Waals surface area contributed by atoms with Crippen LogP contribution in [0.3, 0.4) is 0 Å². The standard InChI is InChI=1S/C49H34N4/c1-33-15-11-14-24-42(33)41-31-45(35-16-5-2-6-17-35)50-46(32-41)36-27-25-34(26-28-36)43-29-39-22-12-13-23-40(39)30-44(43)49-52-47(37-18-7-3-8-19-37)51-48(53-49)38-20-9-4-10-21-38/h2-9,11-14,16-20,22-33H,15H2,1H3. The van der Waals surface area contributed by atoms with Crippen LogP contribution in [0.25, 0.3) is 84.2 Å². The summed E-state index contributed by atoms with van der Waals surface area (Å²) in [5, 5.41) is 2.26. The molecule has 6 aromatic carbocycles. The minimum absolute atomic E-state index is 0.434. The topological polar surface area (TPSA) is 51.6 Å². The minimum atomic E-state index is 0.434. The molecule has 1 atom stereocenters. The van der Waals surface area contributed by atoms with E-state index in [1.165, 1.54) is 11.1 Å². The van der Waals surface area contributed by atoms with Crippen molar-refractivity contribution in [1.29, 1.82) is 0 Å². The lowest BCUT2D eigenvalue weighted by Crippen LogP contribution is -2.02. The van der Waals surface area contributed by atoms with Gasteiger partial charge in [0.25, 0.3) is 0 Å². The van der Waals surface area contributed by atoms with Crippen LogP contribution in [0.2, 0.25) is 0 Å². The van der Waals surface area contributed by atoms with Crippen LogP contribution in [-0.4, -0.2) is 19.9 Å². The van der Waals surface area contributed by atoms with Crippen LogP contribution in [-0.2, 0) is 0 Å². The lowest BCUT2D eigenvalue weighted by atomic mass is 9.87. The van der Waals surface area contributed by atoms with E-state index in [9.17, 15) is 0 Å². The summed E-state index contributed by atoms with van der Waals surface area (Å²) in [5.74, 6) is 2.19. The average molecular weight is 679 g/mol. The highest BCUT2D eigenvalue weighted by Gasteiger charge is 2.19. The molecule has 2 heterocycles. The van der Waals surface area contributed by atoms with E-state index in [1.54, 1.807) is 0 Å². The van der Waals surface area contributed by atoms with E-state index in [-0.39, 0.29) is 0 Å². The molecule has 2 aromatic heterocycles. The molecule has 0 saturated heterocycles. The lowest BCUT2D eigenvalue weighted by molar-refractivity contribution is 0.758. The van der Waals surface area contributed by atoms with Gasteiger partial charge in [-0.1, -0.05) is 153 Å². The fraction of sp³-hybridized carbons (Fsp3) is 0.0612. The van der Waals surface area contributed by atoms with Crippen LogP contribution >= 0.6 is 0 Å². The van der Waals surface area contributed by atoms with Crippen molar-refractivity contribution in [2.45, 2.75) is 13.3 Å². The molecule has 250 valence electrons. The second-order valence-electron chi connectivity index (χ2n) is 13.4. The highest BCUT2D eigenvalue weighted by Crippen LogP contribution is 2.38. The third-order valence-electron chi connectivity index (χ3n) is 9.84. The maximum absolute atomic E-state index is 5.20. The number of benzene rings is 5. The largest absolute Gasteiger partial charge is 0.248 e. The van der Waals surface area contributed by atoms with E-state index < -0.39 is 0 Å². The summed E-state index contributed by atoms with van der Waals surface area (Å²) < 4.78 is 0. The van der Waals surface area contributed by atoms with Crippen molar-refractivity contribution in [3.05, 3.63) is 188 Å². The molecule has 0 aliphatic heterocycles. The first kappa shape index (κ1) is 32.0. The Labute approximate surface area is 310 Å². The van der Waals surface area contributed by atoms with Crippen LogP contribution in [0, 0.1) is 18.1 Å². The van der Waals surface area contributed by atoms with Gasteiger partial charge in [0, 0.05) is 22.3 Å². The van der Waals surface area contributed by atoms with Gasteiger partial charge in [0.15, 0.2) is 17.5 Å². The van der Waals surface area contributed by atoms with Gasteiger partial charge >= 0.3 is 0 Å². The lowest BCUT2D eigenvalue weighted by Gasteiger charge is -2.19. The first-order valence-corrected chi connectivity index (χ1v) is 18.0. The van der Waals surface area contributed by atoms with Crippen molar-refractivity contribution in [1.82, 2.24) is 19.9 Å². The Bertz CT molecular complexity index is 2570. The number of fused-ring (bicyclic) bond motifs is 1. The Morgan fingerprint density at radius 2 is 1.11 bits per heavy atom. The van der Waals surface area contributed by atoms with Crippen LogP contribution in [0.5, 0.6) is 0 Å². The van der Waals surface area contributed by atoms with E-state index in [0.29, 0.717) is 23.4 Å². The summed E-state index contributed by atoms with van der Waals surface area (Å²) in [6.45, 7) is 2.29.